The zero-order valence-electron chi connectivity index (χ0n) is 26.3. The molecule has 0 fully saturated rings. The molecule has 4 rings (SSSR count). The number of carboxylic acid groups (broad SMARTS) is 1. The molecule has 3 aromatic rings. The molecule has 1 aromatic heterocycles. The average molecular weight is 657 g/mol. The smallest absolute Gasteiger partial charge is 0.410 e. The fraction of sp³-hybridized carbons (Fsp3) is 0.419. The van der Waals surface area contributed by atoms with Gasteiger partial charge in [-0.3, -0.25) is 19.5 Å². The highest BCUT2D eigenvalue weighted by Crippen LogP contribution is 2.35. The third-order valence-corrected chi connectivity index (χ3v) is 7.60. The summed E-state index contributed by atoms with van der Waals surface area (Å²) in [7, 11) is 4.03. The van der Waals surface area contributed by atoms with Crippen LogP contribution in [0.25, 0.3) is 0 Å². The van der Waals surface area contributed by atoms with Crippen LogP contribution in [-0.4, -0.2) is 91.6 Å². The third-order valence-electron chi connectivity index (χ3n) is 7.60. The van der Waals surface area contributed by atoms with E-state index in [0.717, 1.165) is 18.2 Å². The Hall–Kier alpha value is -5.38. The van der Waals surface area contributed by atoms with Crippen molar-refractivity contribution in [2.75, 3.05) is 34.5 Å². The number of carboxylic acids is 1. The van der Waals surface area contributed by atoms with Gasteiger partial charge in [0, 0.05) is 13.0 Å². The average Bonchev–Trinajstić information content (AvgIpc) is 3.46. The van der Waals surface area contributed by atoms with E-state index in [1.807, 2.05) is 30.3 Å². The molecular formula is C31H36N4O12. The van der Waals surface area contributed by atoms with E-state index in [1.54, 1.807) is 19.1 Å². The van der Waals surface area contributed by atoms with Gasteiger partial charge in [0.2, 0.25) is 5.91 Å². The van der Waals surface area contributed by atoms with Crippen LogP contribution >= 0.6 is 0 Å². The van der Waals surface area contributed by atoms with E-state index in [4.69, 9.17) is 18.9 Å². The number of rotatable bonds is 15. The topological polar surface area (TPSA) is 203 Å². The number of hydrogen-bond donors (Lipinski definition) is 2. The summed E-state index contributed by atoms with van der Waals surface area (Å²) in [5.41, 5.74) is 1.78. The van der Waals surface area contributed by atoms with E-state index in [0.29, 0.717) is 23.5 Å². The number of amides is 1. The molecule has 16 heteroatoms. The monoisotopic (exact) mass is 656 g/mol. The number of aryl methyl sites for hydroxylation is 1. The van der Waals surface area contributed by atoms with Gasteiger partial charge < -0.3 is 38.9 Å². The molecule has 252 valence electrons. The van der Waals surface area contributed by atoms with E-state index in [2.05, 4.69) is 19.8 Å². The van der Waals surface area contributed by atoms with Crippen molar-refractivity contribution in [3.63, 3.8) is 0 Å². The summed E-state index contributed by atoms with van der Waals surface area (Å²) in [4.78, 5) is 52.2. The summed E-state index contributed by atoms with van der Waals surface area (Å²) < 4.78 is 30.3. The van der Waals surface area contributed by atoms with Crippen LogP contribution in [0.1, 0.15) is 40.5 Å². The van der Waals surface area contributed by atoms with Gasteiger partial charge >= 0.3 is 29.5 Å². The molecule has 2 N–H and O–H groups in total. The highest BCUT2D eigenvalue weighted by atomic mass is 16.8. The van der Waals surface area contributed by atoms with Gasteiger partial charge in [0.25, 0.3) is 0 Å². The van der Waals surface area contributed by atoms with E-state index in [1.165, 1.54) is 19.1 Å². The van der Waals surface area contributed by atoms with Gasteiger partial charge in [0.05, 0.1) is 32.5 Å². The van der Waals surface area contributed by atoms with Gasteiger partial charge in [0.15, 0.2) is 11.5 Å². The maximum atomic E-state index is 13.8. The molecule has 47 heavy (non-hydrogen) atoms. The molecule has 0 unspecified atom stereocenters. The largest absolute Gasteiger partial charge is 0.493 e. The number of methoxy groups -OCH3 is 3. The van der Waals surface area contributed by atoms with Gasteiger partial charge in [-0.15, -0.1) is 0 Å². The lowest BCUT2D eigenvalue weighted by molar-refractivity contribution is -0.804. The normalized spacial score (nSPS) is 15.1. The minimum Gasteiger partial charge on any atom is -0.493 e. The molecular weight excluding hydrogens is 620 g/mol. The first kappa shape index (κ1) is 34.5. The van der Waals surface area contributed by atoms with Crippen LogP contribution in [0.15, 0.2) is 47.1 Å². The van der Waals surface area contributed by atoms with E-state index in [9.17, 15) is 29.5 Å². The predicted octanol–water partition coefficient (Wildman–Crippen LogP) is 1.05. The molecule has 0 aliphatic carbocycles. The number of ether oxygens (including phenoxy) is 5. The lowest BCUT2D eigenvalue weighted by Crippen LogP contribution is -2.56. The van der Waals surface area contributed by atoms with Gasteiger partial charge in [-0.1, -0.05) is 30.3 Å². The molecule has 1 aliphatic rings. The third kappa shape index (κ3) is 8.26. The van der Waals surface area contributed by atoms with Crippen LogP contribution in [0.3, 0.4) is 0 Å². The number of nitrogens with one attached hydrogen (secondary N) is 1. The number of nitrogens with zero attached hydrogens (tertiary/aromatic N) is 3. The molecule has 1 aliphatic heterocycles. The van der Waals surface area contributed by atoms with Crippen molar-refractivity contribution in [1.29, 1.82) is 0 Å². The number of carbonyl (C=O) groups is 4. The standard InChI is InChI=1S/C31H36N4O12/c1-18(28(36)34-17-21-16-25(43-3)24(42-2)15-20(21)14-23(34)29(37)38)32-22(11-10-19-8-6-5-7-9-19)30(39)46-13-12-45-27-26(31(40)44-4)35(41)47-33-27/h5-9,15-16,18,22-23,32H,10-14,17H2,1-4H3,(H,37,38)/t18-,22-,23-/m0/s1. The van der Waals surface area contributed by atoms with Crippen LogP contribution in [0, 0.1) is 5.21 Å². The zero-order valence-corrected chi connectivity index (χ0v) is 26.3. The minimum absolute atomic E-state index is 0.00689. The molecule has 0 bridgehead atoms. The number of benzene rings is 2. The van der Waals surface area contributed by atoms with Gasteiger partial charge in [-0.2, -0.15) is 0 Å². The summed E-state index contributed by atoms with van der Waals surface area (Å²) in [5, 5.41) is 28.1. The Bertz CT molecular complexity index is 1580. The second kappa shape index (κ2) is 15.8. The summed E-state index contributed by atoms with van der Waals surface area (Å²) in [5.74, 6) is -2.96. The van der Waals surface area contributed by atoms with Crippen molar-refractivity contribution in [3.05, 3.63) is 70.1 Å². The number of hydrogen-bond acceptors (Lipinski definition) is 13. The second-order valence-corrected chi connectivity index (χ2v) is 10.6. The van der Waals surface area contributed by atoms with Gasteiger partial charge in [-0.25, -0.2) is 9.59 Å². The Labute approximate surface area is 269 Å². The number of esters is 2. The highest BCUT2D eigenvalue weighted by molar-refractivity contribution is 5.88. The van der Waals surface area contributed by atoms with E-state index >= 15 is 0 Å². The zero-order chi connectivity index (χ0) is 34.1. The van der Waals surface area contributed by atoms with Crippen LogP contribution in [0.5, 0.6) is 17.4 Å². The second-order valence-electron chi connectivity index (χ2n) is 10.6. The first-order valence-electron chi connectivity index (χ1n) is 14.6. The van der Waals surface area contributed by atoms with Gasteiger partial charge in [-0.05, 0) is 53.5 Å². The van der Waals surface area contributed by atoms with Gasteiger partial charge in [0.1, 0.15) is 25.3 Å². The Morgan fingerprint density at radius 3 is 2.40 bits per heavy atom. The number of aromatic nitrogens is 2. The molecule has 16 nitrogen and oxygen atoms in total. The molecule has 0 saturated heterocycles. The Morgan fingerprint density at radius 2 is 1.77 bits per heavy atom. The number of carbonyl (C=O) groups excluding carboxylic acids is 3. The van der Waals surface area contributed by atoms with Crippen molar-refractivity contribution in [2.24, 2.45) is 0 Å². The quantitative estimate of drug-likeness (QED) is 0.133. The van der Waals surface area contributed by atoms with Crippen LogP contribution in [-0.2, 0) is 43.2 Å². The first-order chi connectivity index (χ1) is 22.6. The van der Waals surface area contributed by atoms with Crippen LogP contribution in [0.2, 0.25) is 0 Å². The summed E-state index contributed by atoms with van der Waals surface area (Å²) >= 11 is 0. The van der Waals surface area contributed by atoms with E-state index < -0.39 is 53.5 Å². The SMILES string of the molecule is COC(=O)c1c(OCCOC(=O)[C@H](CCc2ccccc2)N[C@@H](C)C(=O)N2Cc3cc(OC)c(OC)cc3C[C@H]2C(=O)O)no[n+]1[O-]. The number of aliphatic carboxylic acids is 1. The Kier molecular flexibility index (Phi) is 11.6. The van der Waals surface area contributed by atoms with E-state index in [-0.39, 0.29) is 37.5 Å². The Morgan fingerprint density at radius 1 is 1.09 bits per heavy atom. The molecule has 1 amide bonds. The predicted molar refractivity (Wildman–Crippen MR) is 160 cm³/mol. The van der Waals surface area contributed by atoms with Crippen molar-refractivity contribution in [1.82, 2.24) is 15.4 Å². The molecule has 2 aromatic carbocycles. The van der Waals surface area contributed by atoms with Crippen molar-refractivity contribution in [2.45, 2.75) is 50.9 Å². The number of fused-ring (bicyclic) bond motifs is 1. The van der Waals surface area contributed by atoms with Crippen molar-refractivity contribution >= 4 is 23.8 Å². The lowest BCUT2D eigenvalue weighted by Gasteiger charge is -2.37. The molecule has 0 spiro atoms. The fourth-order valence-corrected chi connectivity index (χ4v) is 5.18. The summed E-state index contributed by atoms with van der Waals surface area (Å²) in [6.07, 6.45) is 0.764. The molecule has 3 atom stereocenters. The summed E-state index contributed by atoms with van der Waals surface area (Å²) in [6.45, 7) is 0.970. The minimum atomic E-state index is -1.17. The lowest BCUT2D eigenvalue weighted by atomic mass is 9.92. The molecule has 2 heterocycles. The molecule has 0 radical (unpaired) electrons. The maximum absolute atomic E-state index is 13.8. The highest BCUT2D eigenvalue weighted by Gasteiger charge is 2.38. The van der Waals surface area contributed by atoms with Crippen molar-refractivity contribution < 1.29 is 57.5 Å². The first-order valence-corrected chi connectivity index (χ1v) is 14.6. The fourth-order valence-electron chi connectivity index (χ4n) is 5.18. The van der Waals surface area contributed by atoms with Crippen LogP contribution in [0.4, 0.5) is 0 Å². The summed E-state index contributed by atoms with van der Waals surface area (Å²) in [6, 6.07) is 9.72. The van der Waals surface area contributed by atoms with Crippen LogP contribution < -0.4 is 24.4 Å². The maximum Gasteiger partial charge on any atom is 0.410 e. The molecule has 0 saturated carbocycles. The Balaban J connectivity index is 1.45. The van der Waals surface area contributed by atoms with Crippen molar-refractivity contribution in [3.8, 4) is 17.4 Å².